The molecule has 1 aliphatic carbocycles. The lowest BCUT2D eigenvalue weighted by Gasteiger charge is -2.36. The maximum Gasteiger partial charge on any atom is 0.272 e. The van der Waals surface area contributed by atoms with Crippen molar-refractivity contribution in [2.45, 2.75) is 24.9 Å². The smallest absolute Gasteiger partial charge is 0.272 e. The summed E-state index contributed by atoms with van der Waals surface area (Å²) in [6.45, 7) is 0.266. The molecule has 0 atom stereocenters. The number of anilines is 1. The summed E-state index contributed by atoms with van der Waals surface area (Å²) < 4.78 is 0. The van der Waals surface area contributed by atoms with E-state index in [1.54, 1.807) is 18.2 Å². The fourth-order valence-electron chi connectivity index (χ4n) is 2.29. The van der Waals surface area contributed by atoms with Crippen LogP contribution in [0.15, 0.2) is 18.2 Å². The van der Waals surface area contributed by atoms with Crippen molar-refractivity contribution in [3.05, 3.63) is 23.9 Å². The second kappa shape index (κ2) is 4.24. The monoisotopic (exact) mass is 260 g/mol. The van der Waals surface area contributed by atoms with Gasteiger partial charge in [-0.3, -0.25) is 9.89 Å². The minimum absolute atomic E-state index is 0.266. The number of aliphatic hydroxyl groups is 1. The van der Waals surface area contributed by atoms with Gasteiger partial charge in [-0.05, 0) is 37.5 Å². The summed E-state index contributed by atoms with van der Waals surface area (Å²) in [5.41, 5.74) is 6.64. The summed E-state index contributed by atoms with van der Waals surface area (Å²) in [5.74, 6) is -0.294. The van der Waals surface area contributed by atoms with E-state index in [0.717, 1.165) is 24.8 Å². The number of nitrogens with two attached hydrogens (primary N) is 1. The zero-order chi connectivity index (χ0) is 13.5. The van der Waals surface area contributed by atoms with Gasteiger partial charge in [-0.1, -0.05) is 0 Å². The lowest BCUT2D eigenvalue weighted by Crippen LogP contribution is -2.47. The number of H-pyrrole nitrogens is 1. The molecule has 1 saturated carbocycles. The van der Waals surface area contributed by atoms with Crippen LogP contribution in [0.5, 0.6) is 0 Å². The van der Waals surface area contributed by atoms with Gasteiger partial charge >= 0.3 is 0 Å². The first-order valence-electron chi connectivity index (χ1n) is 6.32. The van der Waals surface area contributed by atoms with E-state index in [0.29, 0.717) is 16.8 Å². The minimum atomic E-state index is -0.735. The molecule has 3 rings (SSSR count). The average Bonchev–Trinajstić information content (AvgIpc) is 2.76. The fourth-order valence-corrected chi connectivity index (χ4v) is 2.29. The summed E-state index contributed by atoms with van der Waals surface area (Å²) in [6.07, 6.45) is 2.48. The molecule has 5 N–H and O–H groups in total. The van der Waals surface area contributed by atoms with Gasteiger partial charge in [0, 0.05) is 17.6 Å². The topological polar surface area (TPSA) is 104 Å². The Morgan fingerprint density at radius 3 is 3.00 bits per heavy atom. The molecule has 0 bridgehead atoms. The van der Waals surface area contributed by atoms with Crippen molar-refractivity contribution in [1.82, 2.24) is 15.5 Å². The molecule has 2 aromatic rings. The maximum atomic E-state index is 12.1. The Kier molecular flexibility index (Phi) is 2.67. The number of rotatable bonds is 3. The molecular weight excluding hydrogens is 244 g/mol. The molecule has 1 amide bonds. The predicted molar refractivity (Wildman–Crippen MR) is 71.6 cm³/mol. The molecule has 0 saturated heterocycles. The lowest BCUT2D eigenvalue weighted by atomic mass is 9.80. The van der Waals surface area contributed by atoms with Gasteiger partial charge in [-0.2, -0.15) is 5.10 Å². The Morgan fingerprint density at radius 2 is 2.32 bits per heavy atom. The van der Waals surface area contributed by atoms with Crippen molar-refractivity contribution >= 4 is 22.5 Å². The van der Waals surface area contributed by atoms with Crippen molar-refractivity contribution in [3.8, 4) is 0 Å². The Labute approximate surface area is 110 Å². The highest BCUT2D eigenvalue weighted by atomic mass is 16.3. The van der Waals surface area contributed by atoms with Crippen molar-refractivity contribution in [1.29, 1.82) is 0 Å². The van der Waals surface area contributed by atoms with Gasteiger partial charge in [0.2, 0.25) is 0 Å². The number of hydrogen-bond acceptors (Lipinski definition) is 4. The van der Waals surface area contributed by atoms with Gasteiger partial charge < -0.3 is 16.2 Å². The van der Waals surface area contributed by atoms with Crippen LogP contribution < -0.4 is 11.1 Å². The molecule has 1 heterocycles. The Morgan fingerprint density at radius 1 is 1.53 bits per heavy atom. The van der Waals surface area contributed by atoms with Crippen LogP contribution in [-0.2, 0) is 0 Å². The SMILES string of the molecule is Nc1ccc2[nH]nc(C(=O)NCC3(O)CCC3)c2c1. The van der Waals surface area contributed by atoms with E-state index < -0.39 is 5.60 Å². The van der Waals surface area contributed by atoms with E-state index in [1.807, 2.05) is 0 Å². The standard InChI is InChI=1S/C13H16N4O2/c14-8-2-3-10-9(6-8)11(17-16-10)12(18)15-7-13(19)4-1-5-13/h2-3,6,19H,1,4-5,7,14H2,(H,15,18)(H,16,17). The van der Waals surface area contributed by atoms with Gasteiger partial charge in [0.1, 0.15) is 0 Å². The predicted octanol–water partition coefficient (Wildman–Crippen LogP) is 0.790. The van der Waals surface area contributed by atoms with E-state index in [-0.39, 0.29) is 12.5 Å². The number of carbonyl (C=O) groups excluding carboxylic acids is 1. The molecular formula is C13H16N4O2. The first-order chi connectivity index (χ1) is 9.07. The zero-order valence-corrected chi connectivity index (χ0v) is 10.4. The maximum absolute atomic E-state index is 12.1. The summed E-state index contributed by atoms with van der Waals surface area (Å²) in [5, 5.41) is 20.2. The summed E-state index contributed by atoms with van der Waals surface area (Å²) in [4.78, 5) is 12.1. The summed E-state index contributed by atoms with van der Waals surface area (Å²) >= 11 is 0. The van der Waals surface area contributed by atoms with Gasteiger partial charge in [-0.15, -0.1) is 0 Å². The third-order valence-corrected chi connectivity index (χ3v) is 3.66. The number of nitrogens with zero attached hydrogens (tertiary/aromatic N) is 1. The molecule has 0 aliphatic heterocycles. The largest absolute Gasteiger partial charge is 0.399 e. The molecule has 1 aliphatic rings. The van der Waals surface area contributed by atoms with Gasteiger partial charge in [-0.25, -0.2) is 0 Å². The van der Waals surface area contributed by atoms with Crippen LogP contribution in [0.1, 0.15) is 29.8 Å². The molecule has 100 valence electrons. The van der Waals surface area contributed by atoms with Crippen molar-refractivity contribution < 1.29 is 9.90 Å². The average molecular weight is 260 g/mol. The molecule has 0 unspecified atom stereocenters. The van der Waals surface area contributed by atoms with E-state index in [1.165, 1.54) is 0 Å². The number of fused-ring (bicyclic) bond motifs is 1. The third kappa shape index (κ3) is 2.15. The number of hydrogen-bond donors (Lipinski definition) is 4. The number of benzene rings is 1. The first kappa shape index (κ1) is 12.0. The molecule has 1 fully saturated rings. The molecule has 19 heavy (non-hydrogen) atoms. The van der Waals surface area contributed by atoms with Gasteiger partial charge in [0.25, 0.3) is 5.91 Å². The number of aromatic amines is 1. The summed E-state index contributed by atoms with van der Waals surface area (Å²) in [6, 6.07) is 5.25. The fraction of sp³-hybridized carbons (Fsp3) is 0.385. The lowest BCUT2D eigenvalue weighted by molar-refractivity contribution is -0.0300. The molecule has 1 aromatic carbocycles. The Bertz CT molecular complexity index is 631. The highest BCUT2D eigenvalue weighted by molar-refractivity contribution is 6.05. The van der Waals surface area contributed by atoms with Crippen molar-refractivity contribution in [3.63, 3.8) is 0 Å². The number of aromatic nitrogens is 2. The second-order valence-electron chi connectivity index (χ2n) is 5.14. The van der Waals surface area contributed by atoms with Crippen LogP contribution in [0.25, 0.3) is 10.9 Å². The van der Waals surface area contributed by atoms with Crippen LogP contribution in [0.3, 0.4) is 0 Å². The number of nitrogen functional groups attached to an aromatic ring is 1. The molecule has 0 radical (unpaired) electrons. The number of amides is 1. The number of nitrogens with one attached hydrogen (secondary N) is 2. The Hall–Kier alpha value is -2.08. The molecule has 1 aromatic heterocycles. The quantitative estimate of drug-likeness (QED) is 0.612. The van der Waals surface area contributed by atoms with Gasteiger partial charge in [0.05, 0.1) is 11.1 Å². The van der Waals surface area contributed by atoms with Crippen molar-refractivity contribution in [2.75, 3.05) is 12.3 Å². The van der Waals surface area contributed by atoms with Crippen LogP contribution in [0, 0.1) is 0 Å². The summed E-state index contributed by atoms with van der Waals surface area (Å²) in [7, 11) is 0. The van der Waals surface area contributed by atoms with Gasteiger partial charge in [0.15, 0.2) is 5.69 Å². The van der Waals surface area contributed by atoms with E-state index in [2.05, 4.69) is 15.5 Å². The van der Waals surface area contributed by atoms with Crippen LogP contribution >= 0.6 is 0 Å². The first-order valence-corrected chi connectivity index (χ1v) is 6.32. The molecule has 6 heteroatoms. The molecule has 0 spiro atoms. The van der Waals surface area contributed by atoms with E-state index in [9.17, 15) is 9.90 Å². The minimum Gasteiger partial charge on any atom is -0.399 e. The molecule has 6 nitrogen and oxygen atoms in total. The van der Waals surface area contributed by atoms with Crippen LogP contribution in [0.4, 0.5) is 5.69 Å². The highest BCUT2D eigenvalue weighted by Gasteiger charge is 2.34. The van der Waals surface area contributed by atoms with E-state index >= 15 is 0 Å². The third-order valence-electron chi connectivity index (χ3n) is 3.66. The van der Waals surface area contributed by atoms with Crippen LogP contribution in [-0.4, -0.2) is 33.4 Å². The Balaban J connectivity index is 1.79. The van der Waals surface area contributed by atoms with E-state index in [4.69, 9.17) is 5.73 Å². The number of carbonyl (C=O) groups is 1. The van der Waals surface area contributed by atoms with Crippen LogP contribution in [0.2, 0.25) is 0 Å². The second-order valence-corrected chi connectivity index (χ2v) is 5.14. The normalized spacial score (nSPS) is 17.1. The highest BCUT2D eigenvalue weighted by Crippen LogP contribution is 2.30. The zero-order valence-electron chi connectivity index (χ0n) is 10.4. The van der Waals surface area contributed by atoms with Crippen molar-refractivity contribution in [2.24, 2.45) is 0 Å².